The van der Waals surface area contributed by atoms with Gasteiger partial charge in [-0.1, -0.05) is 17.7 Å². The van der Waals surface area contributed by atoms with Crippen LogP contribution in [0.5, 0.6) is 11.5 Å². The van der Waals surface area contributed by atoms with E-state index < -0.39 is 0 Å². The third-order valence-corrected chi connectivity index (χ3v) is 3.25. The van der Waals surface area contributed by atoms with Crippen LogP contribution in [0.1, 0.15) is 5.56 Å². The fourth-order valence-corrected chi connectivity index (χ4v) is 2.41. The monoisotopic (exact) mass is 277 g/mol. The number of hydrogen-bond donors (Lipinski definition) is 1. The van der Waals surface area contributed by atoms with E-state index in [2.05, 4.69) is 0 Å². The standard InChI is InChI=1S/C15H16ClNO2/c1-9-6-10(8-11(17)7-9)12-4-5-13(18-2)14(16)15(12)19-3/h4-8H,17H2,1-3H3. The Morgan fingerprint density at radius 1 is 1.05 bits per heavy atom. The zero-order chi connectivity index (χ0) is 14.0. The van der Waals surface area contributed by atoms with Crippen molar-refractivity contribution in [2.45, 2.75) is 6.92 Å². The Morgan fingerprint density at radius 2 is 1.79 bits per heavy atom. The Bertz CT molecular complexity index is 591. The molecule has 0 radical (unpaired) electrons. The van der Waals surface area contributed by atoms with Crippen molar-refractivity contribution < 1.29 is 9.47 Å². The van der Waals surface area contributed by atoms with Gasteiger partial charge in [-0.3, -0.25) is 0 Å². The first-order valence-corrected chi connectivity index (χ1v) is 6.22. The normalized spacial score (nSPS) is 10.3. The minimum absolute atomic E-state index is 0.461. The van der Waals surface area contributed by atoms with Gasteiger partial charge in [0.15, 0.2) is 0 Å². The van der Waals surface area contributed by atoms with E-state index in [4.69, 9.17) is 26.8 Å². The number of nitrogen functional groups attached to an aromatic ring is 1. The number of halogens is 1. The molecular formula is C15H16ClNO2. The molecule has 2 aromatic rings. The van der Waals surface area contributed by atoms with Crippen molar-refractivity contribution in [3.8, 4) is 22.6 Å². The van der Waals surface area contributed by atoms with E-state index in [1.165, 1.54) is 0 Å². The Balaban J connectivity index is 2.65. The van der Waals surface area contributed by atoms with E-state index in [9.17, 15) is 0 Å². The van der Waals surface area contributed by atoms with Crippen molar-refractivity contribution in [2.75, 3.05) is 20.0 Å². The third-order valence-electron chi connectivity index (χ3n) is 2.90. The second kappa shape index (κ2) is 5.41. The number of nitrogens with two attached hydrogens (primary N) is 1. The maximum Gasteiger partial charge on any atom is 0.149 e. The van der Waals surface area contributed by atoms with Crippen molar-refractivity contribution in [1.29, 1.82) is 0 Å². The van der Waals surface area contributed by atoms with Crippen LogP contribution < -0.4 is 15.2 Å². The van der Waals surface area contributed by atoms with E-state index >= 15 is 0 Å². The molecule has 0 aliphatic carbocycles. The lowest BCUT2D eigenvalue weighted by molar-refractivity contribution is 0.396. The van der Waals surface area contributed by atoms with Gasteiger partial charge in [0.1, 0.15) is 16.5 Å². The first-order valence-electron chi connectivity index (χ1n) is 5.85. The predicted molar refractivity (Wildman–Crippen MR) is 79.1 cm³/mol. The molecule has 0 aromatic heterocycles. The van der Waals surface area contributed by atoms with Crippen molar-refractivity contribution in [1.82, 2.24) is 0 Å². The SMILES string of the molecule is COc1ccc(-c2cc(C)cc(N)c2)c(OC)c1Cl. The molecule has 0 unspecified atom stereocenters. The van der Waals surface area contributed by atoms with Crippen LogP contribution in [0.15, 0.2) is 30.3 Å². The highest BCUT2D eigenvalue weighted by molar-refractivity contribution is 6.34. The number of rotatable bonds is 3. The molecule has 0 amide bonds. The maximum atomic E-state index is 6.26. The van der Waals surface area contributed by atoms with Gasteiger partial charge in [-0.15, -0.1) is 0 Å². The maximum absolute atomic E-state index is 6.26. The summed E-state index contributed by atoms with van der Waals surface area (Å²) in [5.41, 5.74) is 9.55. The summed E-state index contributed by atoms with van der Waals surface area (Å²) in [5.74, 6) is 1.17. The summed E-state index contributed by atoms with van der Waals surface area (Å²) < 4.78 is 10.6. The molecule has 0 bridgehead atoms. The predicted octanol–water partition coefficient (Wildman–Crippen LogP) is 3.91. The topological polar surface area (TPSA) is 44.5 Å². The van der Waals surface area contributed by atoms with E-state index in [0.29, 0.717) is 22.2 Å². The molecular weight excluding hydrogens is 262 g/mol. The van der Waals surface area contributed by atoms with Gasteiger partial charge in [0.05, 0.1) is 14.2 Å². The van der Waals surface area contributed by atoms with E-state index in [1.54, 1.807) is 14.2 Å². The van der Waals surface area contributed by atoms with Gasteiger partial charge >= 0.3 is 0 Å². The molecule has 4 heteroatoms. The van der Waals surface area contributed by atoms with Crippen molar-refractivity contribution in [3.63, 3.8) is 0 Å². The lowest BCUT2D eigenvalue weighted by atomic mass is 10.0. The zero-order valence-corrected chi connectivity index (χ0v) is 11.9. The van der Waals surface area contributed by atoms with Crippen LogP contribution in [0.2, 0.25) is 5.02 Å². The van der Waals surface area contributed by atoms with Crippen LogP contribution in [0.3, 0.4) is 0 Å². The molecule has 19 heavy (non-hydrogen) atoms. The molecule has 3 nitrogen and oxygen atoms in total. The van der Waals surface area contributed by atoms with Gasteiger partial charge in [-0.05, 0) is 42.3 Å². The minimum atomic E-state index is 0.461. The van der Waals surface area contributed by atoms with E-state index in [1.807, 2.05) is 37.3 Å². The molecule has 2 rings (SSSR count). The highest BCUT2D eigenvalue weighted by Gasteiger charge is 2.14. The van der Waals surface area contributed by atoms with Gasteiger partial charge in [-0.25, -0.2) is 0 Å². The van der Waals surface area contributed by atoms with Gasteiger partial charge < -0.3 is 15.2 Å². The second-order valence-corrected chi connectivity index (χ2v) is 4.67. The summed E-state index contributed by atoms with van der Waals surface area (Å²) in [6, 6.07) is 9.59. The van der Waals surface area contributed by atoms with Gasteiger partial charge in [-0.2, -0.15) is 0 Å². The van der Waals surface area contributed by atoms with E-state index in [-0.39, 0.29) is 0 Å². The first kappa shape index (κ1) is 13.6. The Kier molecular flexibility index (Phi) is 3.86. The Labute approximate surface area is 117 Å². The molecule has 0 spiro atoms. The van der Waals surface area contributed by atoms with Crippen LogP contribution in [0.4, 0.5) is 5.69 Å². The van der Waals surface area contributed by atoms with E-state index in [0.717, 1.165) is 16.7 Å². The van der Waals surface area contributed by atoms with Crippen LogP contribution >= 0.6 is 11.6 Å². The molecule has 0 heterocycles. The number of hydrogen-bond acceptors (Lipinski definition) is 3. The van der Waals surface area contributed by atoms with Crippen molar-refractivity contribution >= 4 is 17.3 Å². The lowest BCUT2D eigenvalue weighted by Gasteiger charge is -2.14. The number of ether oxygens (including phenoxy) is 2. The van der Waals surface area contributed by atoms with Crippen LogP contribution in [-0.4, -0.2) is 14.2 Å². The molecule has 0 atom stereocenters. The molecule has 0 fully saturated rings. The van der Waals surface area contributed by atoms with Crippen molar-refractivity contribution in [3.05, 3.63) is 40.9 Å². The smallest absolute Gasteiger partial charge is 0.149 e. The molecule has 100 valence electrons. The molecule has 0 saturated heterocycles. The van der Waals surface area contributed by atoms with Crippen LogP contribution in [0.25, 0.3) is 11.1 Å². The molecule has 0 saturated carbocycles. The van der Waals surface area contributed by atoms with Crippen molar-refractivity contribution in [2.24, 2.45) is 0 Å². The highest BCUT2D eigenvalue weighted by atomic mass is 35.5. The van der Waals surface area contributed by atoms with Gasteiger partial charge in [0, 0.05) is 11.3 Å². The van der Waals surface area contributed by atoms with Crippen LogP contribution in [0, 0.1) is 6.92 Å². The average Bonchev–Trinajstić information content (AvgIpc) is 2.37. The van der Waals surface area contributed by atoms with Crippen LogP contribution in [-0.2, 0) is 0 Å². The third kappa shape index (κ3) is 2.61. The molecule has 2 aromatic carbocycles. The molecule has 0 aliphatic rings. The average molecular weight is 278 g/mol. The summed E-state index contributed by atoms with van der Waals surface area (Å²) in [6.45, 7) is 2.00. The summed E-state index contributed by atoms with van der Waals surface area (Å²) in [5, 5.41) is 0.461. The van der Waals surface area contributed by atoms with Gasteiger partial charge in [0.2, 0.25) is 0 Å². The summed E-state index contributed by atoms with van der Waals surface area (Å²) in [4.78, 5) is 0. The van der Waals surface area contributed by atoms with Gasteiger partial charge in [0.25, 0.3) is 0 Å². The lowest BCUT2D eigenvalue weighted by Crippen LogP contribution is -1.94. The summed E-state index contributed by atoms with van der Waals surface area (Å²) in [7, 11) is 3.16. The number of anilines is 1. The second-order valence-electron chi connectivity index (χ2n) is 4.29. The summed E-state index contributed by atoms with van der Waals surface area (Å²) in [6.07, 6.45) is 0. The highest BCUT2D eigenvalue weighted by Crippen LogP contribution is 2.42. The Morgan fingerprint density at radius 3 is 2.37 bits per heavy atom. The fraction of sp³-hybridized carbons (Fsp3) is 0.200. The zero-order valence-electron chi connectivity index (χ0n) is 11.2. The molecule has 0 aliphatic heterocycles. The number of aryl methyl sites for hydroxylation is 1. The summed E-state index contributed by atoms with van der Waals surface area (Å²) >= 11 is 6.26. The number of benzene rings is 2. The number of methoxy groups -OCH3 is 2. The fourth-order valence-electron chi connectivity index (χ4n) is 2.09. The Hall–Kier alpha value is -1.87. The largest absolute Gasteiger partial charge is 0.495 e. The molecule has 2 N–H and O–H groups in total. The minimum Gasteiger partial charge on any atom is -0.495 e. The quantitative estimate of drug-likeness (QED) is 0.865. The first-order chi connectivity index (χ1) is 9.06.